The van der Waals surface area contributed by atoms with Gasteiger partial charge in [0.1, 0.15) is 4.90 Å². The van der Waals surface area contributed by atoms with Gasteiger partial charge in [-0.05, 0) is 25.5 Å². The van der Waals surface area contributed by atoms with Crippen molar-refractivity contribution in [1.29, 1.82) is 0 Å². The molecule has 1 atom stereocenters. The highest BCUT2D eigenvalue weighted by Crippen LogP contribution is 2.44. The minimum atomic E-state index is -3.61. The standard InChI is InChI=1S/C14H16ClN3O2S2/c1-9-13(10(2)17-16-9)22(19,20)18-7-8-21-14(18)11-5-3-4-6-12(11)15/h3-6,14H,7-8H2,1-2H3,(H,16,17). The van der Waals surface area contributed by atoms with E-state index in [2.05, 4.69) is 10.2 Å². The van der Waals surface area contributed by atoms with Gasteiger partial charge in [0, 0.05) is 17.3 Å². The Morgan fingerprint density at radius 3 is 2.73 bits per heavy atom. The molecule has 0 aliphatic carbocycles. The van der Waals surface area contributed by atoms with Crippen LogP contribution in [0.2, 0.25) is 5.02 Å². The van der Waals surface area contributed by atoms with Crippen LogP contribution in [0.3, 0.4) is 0 Å². The summed E-state index contributed by atoms with van der Waals surface area (Å²) in [5, 5.41) is 7.04. The second-order valence-electron chi connectivity index (χ2n) is 5.12. The van der Waals surface area contributed by atoms with Gasteiger partial charge < -0.3 is 0 Å². The maximum atomic E-state index is 13.0. The van der Waals surface area contributed by atoms with Gasteiger partial charge in [-0.2, -0.15) is 9.40 Å². The summed E-state index contributed by atoms with van der Waals surface area (Å²) in [6.07, 6.45) is 0. The summed E-state index contributed by atoms with van der Waals surface area (Å²) in [4.78, 5) is 0.270. The van der Waals surface area contributed by atoms with Gasteiger partial charge in [-0.3, -0.25) is 5.10 Å². The van der Waals surface area contributed by atoms with Gasteiger partial charge in [-0.25, -0.2) is 8.42 Å². The topological polar surface area (TPSA) is 66.1 Å². The largest absolute Gasteiger partial charge is 0.281 e. The SMILES string of the molecule is Cc1n[nH]c(C)c1S(=O)(=O)N1CCSC1c1ccccc1Cl. The number of hydrogen-bond acceptors (Lipinski definition) is 4. The molecule has 0 radical (unpaired) electrons. The maximum Gasteiger partial charge on any atom is 0.248 e. The Morgan fingerprint density at radius 1 is 1.36 bits per heavy atom. The molecule has 8 heteroatoms. The van der Waals surface area contributed by atoms with Crippen LogP contribution in [0, 0.1) is 13.8 Å². The summed E-state index contributed by atoms with van der Waals surface area (Å²) in [6, 6.07) is 7.38. The Bertz CT molecular complexity index is 785. The van der Waals surface area contributed by atoms with Crippen molar-refractivity contribution < 1.29 is 8.42 Å². The molecule has 5 nitrogen and oxygen atoms in total. The lowest BCUT2D eigenvalue weighted by molar-refractivity contribution is 0.434. The number of halogens is 1. The summed E-state index contributed by atoms with van der Waals surface area (Å²) in [6.45, 7) is 3.89. The van der Waals surface area contributed by atoms with Crippen LogP contribution in [-0.4, -0.2) is 35.2 Å². The second-order valence-corrected chi connectivity index (χ2v) is 8.55. The molecule has 3 rings (SSSR count). The summed E-state index contributed by atoms with van der Waals surface area (Å²) >= 11 is 7.84. The van der Waals surface area contributed by atoms with Crippen molar-refractivity contribution in [2.75, 3.05) is 12.3 Å². The molecular weight excluding hydrogens is 342 g/mol. The highest BCUT2D eigenvalue weighted by molar-refractivity contribution is 8.01. The first-order chi connectivity index (χ1) is 10.4. The normalized spacial score (nSPS) is 19.7. The first-order valence-corrected chi connectivity index (χ1v) is 9.69. The van der Waals surface area contributed by atoms with Crippen molar-refractivity contribution in [3.8, 4) is 0 Å². The Morgan fingerprint density at radius 2 is 2.09 bits per heavy atom. The molecule has 1 unspecified atom stereocenters. The highest BCUT2D eigenvalue weighted by atomic mass is 35.5. The molecule has 118 valence electrons. The van der Waals surface area contributed by atoms with Crippen LogP contribution in [0.25, 0.3) is 0 Å². The summed E-state index contributed by atoms with van der Waals surface area (Å²) < 4.78 is 27.6. The molecule has 1 aliphatic rings. The number of aryl methyl sites for hydroxylation is 2. The average molecular weight is 358 g/mol. The van der Waals surface area contributed by atoms with Crippen LogP contribution in [0.5, 0.6) is 0 Å². The third-order valence-corrected chi connectivity index (χ3v) is 7.50. The third-order valence-electron chi connectivity index (χ3n) is 3.65. The summed E-state index contributed by atoms with van der Waals surface area (Å²) in [5.41, 5.74) is 1.88. The summed E-state index contributed by atoms with van der Waals surface area (Å²) in [7, 11) is -3.61. The van der Waals surface area contributed by atoms with E-state index in [0.29, 0.717) is 23.0 Å². The zero-order chi connectivity index (χ0) is 15.9. The van der Waals surface area contributed by atoms with Crippen LogP contribution in [-0.2, 0) is 10.0 Å². The van der Waals surface area contributed by atoms with Crippen molar-refractivity contribution in [3.05, 3.63) is 46.2 Å². The average Bonchev–Trinajstić information content (AvgIpc) is 3.07. The van der Waals surface area contributed by atoms with E-state index in [1.54, 1.807) is 31.7 Å². The van der Waals surface area contributed by atoms with Crippen molar-refractivity contribution in [2.24, 2.45) is 0 Å². The number of aromatic nitrogens is 2. The van der Waals surface area contributed by atoms with Crippen molar-refractivity contribution >= 4 is 33.4 Å². The van der Waals surface area contributed by atoms with E-state index in [9.17, 15) is 8.42 Å². The van der Waals surface area contributed by atoms with Crippen LogP contribution in [0.15, 0.2) is 29.2 Å². The van der Waals surface area contributed by atoms with E-state index in [1.165, 1.54) is 4.31 Å². The van der Waals surface area contributed by atoms with Gasteiger partial charge in [0.25, 0.3) is 0 Å². The molecule has 0 amide bonds. The maximum absolute atomic E-state index is 13.0. The molecule has 2 heterocycles. The molecule has 1 fully saturated rings. The molecule has 1 aromatic carbocycles. The number of benzene rings is 1. The lowest BCUT2D eigenvalue weighted by Gasteiger charge is -2.24. The minimum Gasteiger partial charge on any atom is -0.281 e. The van der Waals surface area contributed by atoms with Crippen LogP contribution in [0.1, 0.15) is 22.3 Å². The molecular formula is C14H16ClN3O2S2. The van der Waals surface area contributed by atoms with E-state index in [0.717, 1.165) is 11.3 Å². The fraction of sp³-hybridized carbons (Fsp3) is 0.357. The Hall–Kier alpha value is -1.02. The zero-order valence-corrected chi connectivity index (χ0v) is 14.6. The van der Waals surface area contributed by atoms with E-state index >= 15 is 0 Å². The third kappa shape index (κ3) is 2.56. The van der Waals surface area contributed by atoms with Crippen LogP contribution in [0.4, 0.5) is 0 Å². The first-order valence-electron chi connectivity index (χ1n) is 6.82. The fourth-order valence-corrected chi connectivity index (χ4v) is 6.57. The quantitative estimate of drug-likeness (QED) is 0.916. The minimum absolute atomic E-state index is 0.270. The first kappa shape index (κ1) is 15.9. The number of rotatable bonds is 3. The van der Waals surface area contributed by atoms with E-state index in [4.69, 9.17) is 11.6 Å². The molecule has 0 spiro atoms. The molecule has 1 aromatic heterocycles. The molecule has 1 N–H and O–H groups in total. The van der Waals surface area contributed by atoms with Crippen molar-refractivity contribution in [3.63, 3.8) is 0 Å². The number of thioether (sulfide) groups is 1. The van der Waals surface area contributed by atoms with Gasteiger partial charge in [0.05, 0.1) is 16.8 Å². The van der Waals surface area contributed by atoms with Gasteiger partial charge in [0.15, 0.2) is 0 Å². The van der Waals surface area contributed by atoms with Gasteiger partial charge in [-0.1, -0.05) is 29.8 Å². The zero-order valence-electron chi connectivity index (χ0n) is 12.2. The lowest BCUT2D eigenvalue weighted by Crippen LogP contribution is -2.31. The Balaban J connectivity index is 2.06. The molecule has 1 aliphatic heterocycles. The predicted octanol–water partition coefficient (Wildman–Crippen LogP) is 3.12. The van der Waals surface area contributed by atoms with E-state index in [1.807, 2.05) is 18.2 Å². The van der Waals surface area contributed by atoms with Crippen LogP contribution < -0.4 is 0 Å². The highest BCUT2D eigenvalue weighted by Gasteiger charge is 2.39. The van der Waals surface area contributed by atoms with E-state index in [-0.39, 0.29) is 10.3 Å². The Kier molecular flexibility index (Phi) is 4.24. The number of aromatic amines is 1. The number of nitrogens with zero attached hydrogens (tertiary/aromatic N) is 2. The molecule has 1 saturated heterocycles. The second kappa shape index (κ2) is 5.88. The fourth-order valence-electron chi connectivity index (χ4n) is 2.66. The number of hydrogen-bond donors (Lipinski definition) is 1. The summed E-state index contributed by atoms with van der Waals surface area (Å²) in [5.74, 6) is 0.741. The van der Waals surface area contributed by atoms with Gasteiger partial charge >= 0.3 is 0 Å². The van der Waals surface area contributed by atoms with Gasteiger partial charge in [-0.15, -0.1) is 11.8 Å². The molecule has 22 heavy (non-hydrogen) atoms. The lowest BCUT2D eigenvalue weighted by atomic mass is 10.2. The number of H-pyrrole nitrogens is 1. The van der Waals surface area contributed by atoms with E-state index < -0.39 is 10.0 Å². The molecule has 2 aromatic rings. The predicted molar refractivity (Wildman–Crippen MR) is 88.6 cm³/mol. The van der Waals surface area contributed by atoms with Crippen molar-refractivity contribution in [1.82, 2.24) is 14.5 Å². The van der Waals surface area contributed by atoms with Gasteiger partial charge in [0.2, 0.25) is 10.0 Å². The number of nitrogens with one attached hydrogen (secondary N) is 1. The van der Waals surface area contributed by atoms with Crippen molar-refractivity contribution in [2.45, 2.75) is 24.1 Å². The van der Waals surface area contributed by atoms with Crippen LogP contribution >= 0.6 is 23.4 Å². The Labute approximate surface area is 139 Å². The number of sulfonamides is 1. The molecule has 0 saturated carbocycles. The molecule has 0 bridgehead atoms. The monoisotopic (exact) mass is 357 g/mol. The smallest absolute Gasteiger partial charge is 0.248 e.